The molecule has 0 saturated carbocycles. The summed E-state index contributed by atoms with van der Waals surface area (Å²) in [6, 6.07) is 1.75. The summed E-state index contributed by atoms with van der Waals surface area (Å²) in [5.41, 5.74) is 0. The second-order valence-electron chi connectivity index (χ2n) is 3.56. The molecule has 0 fully saturated rings. The largest absolute Gasteiger partial charge is 0.351 e. The van der Waals surface area contributed by atoms with Gasteiger partial charge in [0.15, 0.2) is 0 Å². The van der Waals surface area contributed by atoms with Gasteiger partial charge in [-0.3, -0.25) is 4.79 Å². The maximum absolute atomic E-state index is 11.8. The third-order valence-corrected chi connectivity index (χ3v) is 4.27. The number of thiophene rings is 1. The molecule has 5 heteroatoms. The first-order valence-electron chi connectivity index (χ1n) is 5.26. The molecule has 1 amide bonds. The molecule has 0 aliphatic heterocycles. The summed E-state index contributed by atoms with van der Waals surface area (Å²) in [6.07, 6.45) is 2.15. The van der Waals surface area contributed by atoms with Crippen LogP contribution < -0.4 is 5.32 Å². The normalized spacial score (nSPS) is 12.4. The number of amides is 1. The van der Waals surface area contributed by atoms with Gasteiger partial charge in [-0.25, -0.2) is 0 Å². The third-order valence-electron chi connectivity index (χ3n) is 2.47. The van der Waals surface area contributed by atoms with E-state index in [9.17, 15) is 4.79 Å². The van der Waals surface area contributed by atoms with Crippen LogP contribution in [0.5, 0.6) is 0 Å². The van der Waals surface area contributed by atoms with E-state index in [1.165, 1.54) is 11.3 Å². The van der Waals surface area contributed by atoms with Gasteiger partial charge >= 0.3 is 0 Å². The lowest BCUT2D eigenvalue weighted by atomic mass is 10.0. The topological polar surface area (TPSA) is 29.1 Å². The van der Waals surface area contributed by atoms with Crippen molar-refractivity contribution < 1.29 is 4.79 Å². The molecule has 1 heterocycles. The van der Waals surface area contributed by atoms with Gasteiger partial charge in [0, 0.05) is 11.9 Å². The Bertz CT molecular complexity index is 342. The zero-order valence-electron chi connectivity index (χ0n) is 9.13. The minimum absolute atomic E-state index is 0.0620. The average Bonchev–Trinajstić information content (AvgIpc) is 2.70. The quantitative estimate of drug-likeness (QED) is 0.789. The van der Waals surface area contributed by atoms with Crippen molar-refractivity contribution >= 4 is 44.8 Å². The van der Waals surface area contributed by atoms with Crippen molar-refractivity contribution in [2.45, 2.75) is 19.8 Å². The fourth-order valence-electron chi connectivity index (χ4n) is 1.38. The highest BCUT2D eigenvalue weighted by molar-refractivity contribution is 9.09. The number of carbonyl (C=O) groups is 1. The Morgan fingerprint density at radius 1 is 1.69 bits per heavy atom. The monoisotopic (exact) mass is 323 g/mol. The molecular weight excluding hydrogens is 310 g/mol. The molecule has 0 bridgehead atoms. The lowest BCUT2D eigenvalue weighted by Gasteiger charge is -2.13. The molecule has 0 aliphatic rings. The first kappa shape index (κ1) is 14.0. The predicted molar refractivity (Wildman–Crippen MR) is 73.9 cm³/mol. The fraction of sp³-hybridized carbons (Fsp3) is 0.545. The molecule has 1 unspecified atom stereocenters. The summed E-state index contributed by atoms with van der Waals surface area (Å²) >= 11 is 10.7. The van der Waals surface area contributed by atoms with Crippen molar-refractivity contribution in [2.24, 2.45) is 5.92 Å². The van der Waals surface area contributed by atoms with Crippen molar-refractivity contribution in [1.29, 1.82) is 0 Å². The van der Waals surface area contributed by atoms with E-state index in [0.717, 1.165) is 24.7 Å². The van der Waals surface area contributed by atoms with Crippen molar-refractivity contribution in [3.63, 3.8) is 0 Å². The molecule has 0 aromatic carbocycles. The molecule has 0 saturated heterocycles. The number of halogens is 2. The molecule has 0 spiro atoms. The molecule has 16 heavy (non-hydrogen) atoms. The van der Waals surface area contributed by atoms with Crippen molar-refractivity contribution in [3.8, 4) is 0 Å². The SMILES string of the molecule is CCC(CCBr)CNC(=O)c1sccc1Cl. The molecule has 90 valence electrons. The predicted octanol–water partition coefficient (Wildman–Crippen LogP) is 3.94. The molecule has 1 N–H and O–H groups in total. The van der Waals surface area contributed by atoms with Gasteiger partial charge in [0.25, 0.3) is 5.91 Å². The minimum Gasteiger partial charge on any atom is -0.351 e. The summed E-state index contributed by atoms with van der Waals surface area (Å²) in [7, 11) is 0. The van der Waals surface area contributed by atoms with Gasteiger partial charge < -0.3 is 5.32 Å². The van der Waals surface area contributed by atoms with Gasteiger partial charge in [-0.05, 0) is 23.8 Å². The highest BCUT2D eigenvalue weighted by Gasteiger charge is 2.13. The van der Waals surface area contributed by atoms with E-state index in [1.54, 1.807) is 6.07 Å². The molecule has 0 radical (unpaired) electrons. The number of nitrogens with one attached hydrogen (secondary N) is 1. The van der Waals surface area contributed by atoms with E-state index in [0.29, 0.717) is 15.8 Å². The number of hydrogen-bond donors (Lipinski definition) is 1. The summed E-state index contributed by atoms with van der Waals surface area (Å²) < 4.78 is 0. The maximum Gasteiger partial charge on any atom is 0.262 e. The van der Waals surface area contributed by atoms with E-state index >= 15 is 0 Å². The first-order valence-corrected chi connectivity index (χ1v) is 7.64. The van der Waals surface area contributed by atoms with E-state index in [2.05, 4.69) is 28.2 Å². The van der Waals surface area contributed by atoms with E-state index in [4.69, 9.17) is 11.6 Å². The summed E-state index contributed by atoms with van der Waals surface area (Å²) in [6.45, 7) is 2.85. The fourth-order valence-corrected chi connectivity index (χ4v) is 3.08. The summed E-state index contributed by atoms with van der Waals surface area (Å²) in [5, 5.41) is 6.27. The Kier molecular flexibility index (Phi) is 6.39. The van der Waals surface area contributed by atoms with Crippen LogP contribution in [0, 0.1) is 5.92 Å². The average molecular weight is 325 g/mol. The molecule has 2 nitrogen and oxygen atoms in total. The second kappa shape index (κ2) is 7.30. The zero-order valence-corrected chi connectivity index (χ0v) is 12.3. The summed E-state index contributed by atoms with van der Waals surface area (Å²) in [5.74, 6) is 0.468. The Morgan fingerprint density at radius 3 is 2.94 bits per heavy atom. The van der Waals surface area contributed by atoms with Gasteiger partial charge in [-0.15, -0.1) is 11.3 Å². The van der Waals surface area contributed by atoms with Crippen LogP contribution >= 0.6 is 38.9 Å². The number of hydrogen-bond acceptors (Lipinski definition) is 2. The summed E-state index contributed by atoms with van der Waals surface area (Å²) in [4.78, 5) is 12.4. The van der Waals surface area contributed by atoms with E-state index in [-0.39, 0.29) is 5.91 Å². The van der Waals surface area contributed by atoms with Crippen LogP contribution in [0.25, 0.3) is 0 Å². The Balaban J connectivity index is 2.43. The highest BCUT2D eigenvalue weighted by atomic mass is 79.9. The van der Waals surface area contributed by atoms with Crippen LogP contribution in [0.1, 0.15) is 29.4 Å². The zero-order chi connectivity index (χ0) is 12.0. The lowest BCUT2D eigenvalue weighted by molar-refractivity contribution is 0.0950. The number of carbonyl (C=O) groups excluding carboxylic acids is 1. The van der Waals surface area contributed by atoms with Crippen LogP contribution in [-0.2, 0) is 0 Å². The smallest absolute Gasteiger partial charge is 0.262 e. The lowest BCUT2D eigenvalue weighted by Crippen LogP contribution is -2.28. The molecule has 1 atom stereocenters. The third kappa shape index (κ3) is 4.07. The molecule has 1 rings (SSSR count). The molecule has 0 aliphatic carbocycles. The van der Waals surface area contributed by atoms with Gasteiger partial charge in [-0.1, -0.05) is 40.9 Å². The van der Waals surface area contributed by atoms with Crippen LogP contribution in [0.2, 0.25) is 5.02 Å². The van der Waals surface area contributed by atoms with Gasteiger partial charge in [-0.2, -0.15) is 0 Å². The van der Waals surface area contributed by atoms with Crippen LogP contribution in [0.15, 0.2) is 11.4 Å². The van der Waals surface area contributed by atoms with Gasteiger partial charge in [0.1, 0.15) is 4.88 Å². The number of rotatable bonds is 6. The molecule has 1 aromatic heterocycles. The van der Waals surface area contributed by atoms with Crippen molar-refractivity contribution in [1.82, 2.24) is 5.32 Å². The Hall–Kier alpha value is -0.0600. The Morgan fingerprint density at radius 2 is 2.44 bits per heavy atom. The first-order chi connectivity index (χ1) is 7.69. The second-order valence-corrected chi connectivity index (χ2v) is 5.68. The standard InChI is InChI=1S/C11H15BrClNOS/c1-2-8(3-5-12)7-14-11(15)10-9(13)4-6-16-10/h4,6,8H,2-3,5,7H2,1H3,(H,14,15). The van der Waals surface area contributed by atoms with Gasteiger partial charge in [0.2, 0.25) is 0 Å². The highest BCUT2D eigenvalue weighted by Crippen LogP contribution is 2.21. The van der Waals surface area contributed by atoms with Gasteiger partial charge in [0.05, 0.1) is 5.02 Å². The van der Waals surface area contributed by atoms with Crippen LogP contribution in [0.4, 0.5) is 0 Å². The molecular formula is C11H15BrClNOS. The number of alkyl halides is 1. The van der Waals surface area contributed by atoms with Crippen molar-refractivity contribution in [2.75, 3.05) is 11.9 Å². The minimum atomic E-state index is -0.0620. The van der Waals surface area contributed by atoms with E-state index in [1.807, 2.05) is 5.38 Å². The molecule has 1 aromatic rings. The van der Waals surface area contributed by atoms with Crippen molar-refractivity contribution in [3.05, 3.63) is 21.3 Å². The maximum atomic E-state index is 11.8. The Labute approximate surface area is 114 Å². The van der Waals surface area contributed by atoms with Crippen LogP contribution in [0.3, 0.4) is 0 Å². The van der Waals surface area contributed by atoms with E-state index < -0.39 is 0 Å². The van der Waals surface area contributed by atoms with Crippen LogP contribution in [-0.4, -0.2) is 17.8 Å².